The van der Waals surface area contributed by atoms with E-state index in [1.165, 1.54) is 12.3 Å². The Balaban J connectivity index is 2.24. The van der Waals surface area contributed by atoms with Crippen LogP contribution >= 0.6 is 0 Å². The van der Waals surface area contributed by atoms with Crippen LogP contribution < -0.4 is 10.2 Å². The molecule has 0 amide bonds. The molecule has 0 aliphatic heterocycles. The number of nitro benzene ring substituents is 2. The van der Waals surface area contributed by atoms with Gasteiger partial charge in [-0.05, 0) is 25.1 Å². The fourth-order valence-corrected chi connectivity index (χ4v) is 1.97. The number of non-ortho nitro benzene ring substituents is 1. The summed E-state index contributed by atoms with van der Waals surface area (Å²) in [6.45, 7) is 2.15. The second kappa shape index (κ2) is 7.73. The molecule has 0 aromatic heterocycles. The minimum atomic E-state index is -0.752. The van der Waals surface area contributed by atoms with Crippen molar-refractivity contribution in [2.24, 2.45) is 5.10 Å². The molecule has 0 fully saturated rings. The number of hydrogen-bond acceptors (Lipinski definition) is 8. The van der Waals surface area contributed by atoms with E-state index in [1.807, 2.05) is 0 Å². The standard InChI is InChI=1S/C15H14N4O6/c1-2-25-14-5-3-4-10(15(14)20)9-16-17-12-7-6-11(18(21)22)8-13(12)19(23)24/h3-9,17,20H,2H2,1H3/b16-9+. The number of nitrogens with zero attached hydrogens (tertiary/aromatic N) is 3. The molecule has 10 heteroatoms. The van der Waals surface area contributed by atoms with Crippen molar-refractivity contribution in [3.8, 4) is 11.5 Å². The van der Waals surface area contributed by atoms with E-state index in [1.54, 1.807) is 25.1 Å². The van der Waals surface area contributed by atoms with E-state index in [0.29, 0.717) is 12.2 Å². The number of anilines is 1. The highest BCUT2D eigenvalue weighted by molar-refractivity contribution is 5.85. The zero-order valence-electron chi connectivity index (χ0n) is 13.1. The van der Waals surface area contributed by atoms with Crippen LogP contribution in [0.2, 0.25) is 0 Å². The zero-order valence-corrected chi connectivity index (χ0v) is 13.1. The third kappa shape index (κ3) is 4.19. The number of rotatable bonds is 7. The highest BCUT2D eigenvalue weighted by Crippen LogP contribution is 2.30. The fraction of sp³-hybridized carbons (Fsp3) is 0.133. The van der Waals surface area contributed by atoms with Crippen molar-refractivity contribution in [2.75, 3.05) is 12.0 Å². The number of phenols is 1. The van der Waals surface area contributed by atoms with Crippen molar-refractivity contribution < 1.29 is 19.7 Å². The van der Waals surface area contributed by atoms with Gasteiger partial charge in [-0.2, -0.15) is 5.10 Å². The summed E-state index contributed by atoms with van der Waals surface area (Å²) in [5.41, 5.74) is 1.87. The molecule has 2 aromatic rings. The Bertz CT molecular complexity index is 837. The van der Waals surface area contributed by atoms with Gasteiger partial charge in [-0.3, -0.25) is 25.7 Å². The third-order valence-electron chi connectivity index (χ3n) is 3.11. The molecule has 0 unspecified atom stereocenters. The smallest absolute Gasteiger partial charge is 0.301 e. The largest absolute Gasteiger partial charge is 0.504 e. The van der Waals surface area contributed by atoms with Gasteiger partial charge in [0.1, 0.15) is 5.69 Å². The van der Waals surface area contributed by atoms with Crippen LogP contribution in [-0.4, -0.2) is 27.8 Å². The number of ether oxygens (including phenoxy) is 1. The SMILES string of the molecule is CCOc1cccc(/C=N/Nc2ccc([N+](=O)[O-])cc2[N+](=O)[O-])c1O. The molecule has 25 heavy (non-hydrogen) atoms. The van der Waals surface area contributed by atoms with Gasteiger partial charge >= 0.3 is 5.69 Å². The summed E-state index contributed by atoms with van der Waals surface area (Å²) in [5.74, 6) is 0.167. The molecule has 2 aromatic carbocycles. The van der Waals surface area contributed by atoms with Crippen LogP contribution in [0.5, 0.6) is 11.5 Å². The Hall–Kier alpha value is -3.69. The van der Waals surface area contributed by atoms with Crippen LogP contribution in [0.25, 0.3) is 0 Å². The number of para-hydroxylation sites is 1. The molecule has 2 N–H and O–H groups in total. The first kappa shape index (κ1) is 17.7. The zero-order chi connectivity index (χ0) is 18.4. The topological polar surface area (TPSA) is 140 Å². The lowest BCUT2D eigenvalue weighted by Crippen LogP contribution is -1.99. The third-order valence-corrected chi connectivity index (χ3v) is 3.11. The lowest BCUT2D eigenvalue weighted by molar-refractivity contribution is -0.393. The van der Waals surface area contributed by atoms with Crippen molar-refractivity contribution in [1.82, 2.24) is 0 Å². The first-order valence-electron chi connectivity index (χ1n) is 7.10. The number of nitrogens with one attached hydrogen (secondary N) is 1. The summed E-state index contributed by atoms with van der Waals surface area (Å²) in [6.07, 6.45) is 1.25. The molecule has 0 atom stereocenters. The number of nitro groups is 2. The maximum absolute atomic E-state index is 11.0. The molecule has 0 radical (unpaired) electrons. The van der Waals surface area contributed by atoms with Crippen LogP contribution in [0.3, 0.4) is 0 Å². The van der Waals surface area contributed by atoms with Gasteiger partial charge in [0.05, 0.1) is 28.7 Å². The van der Waals surface area contributed by atoms with E-state index >= 15 is 0 Å². The average molecular weight is 346 g/mol. The monoisotopic (exact) mass is 346 g/mol. The molecular weight excluding hydrogens is 332 g/mol. The lowest BCUT2D eigenvalue weighted by atomic mass is 10.2. The fourth-order valence-electron chi connectivity index (χ4n) is 1.97. The van der Waals surface area contributed by atoms with Crippen LogP contribution in [0.4, 0.5) is 17.1 Å². The van der Waals surface area contributed by atoms with Crippen molar-refractivity contribution in [3.63, 3.8) is 0 Å². The second-order valence-corrected chi connectivity index (χ2v) is 4.71. The van der Waals surface area contributed by atoms with Crippen LogP contribution in [0, 0.1) is 20.2 Å². The quantitative estimate of drug-likeness (QED) is 0.446. The summed E-state index contributed by atoms with van der Waals surface area (Å²) in [4.78, 5) is 20.3. The van der Waals surface area contributed by atoms with Crippen LogP contribution in [0.15, 0.2) is 41.5 Å². The highest BCUT2D eigenvalue weighted by atomic mass is 16.6. The van der Waals surface area contributed by atoms with Gasteiger partial charge in [-0.15, -0.1) is 0 Å². The second-order valence-electron chi connectivity index (χ2n) is 4.71. The first-order valence-corrected chi connectivity index (χ1v) is 7.10. The van der Waals surface area contributed by atoms with Crippen molar-refractivity contribution in [2.45, 2.75) is 6.92 Å². The van der Waals surface area contributed by atoms with E-state index in [-0.39, 0.29) is 17.2 Å². The maximum atomic E-state index is 11.0. The van der Waals surface area contributed by atoms with E-state index in [9.17, 15) is 25.3 Å². The van der Waals surface area contributed by atoms with E-state index in [2.05, 4.69) is 10.5 Å². The maximum Gasteiger partial charge on any atom is 0.301 e. The van der Waals surface area contributed by atoms with Gasteiger partial charge in [-0.25, -0.2) is 0 Å². The van der Waals surface area contributed by atoms with Gasteiger partial charge in [0.25, 0.3) is 5.69 Å². The summed E-state index contributed by atoms with van der Waals surface area (Å²) < 4.78 is 5.24. The molecular formula is C15H14N4O6. The highest BCUT2D eigenvalue weighted by Gasteiger charge is 2.19. The average Bonchev–Trinajstić information content (AvgIpc) is 2.58. The minimum absolute atomic E-state index is 0.0210. The molecule has 0 spiro atoms. The Morgan fingerprint density at radius 1 is 1.24 bits per heavy atom. The molecule has 130 valence electrons. The Labute approximate surface area is 141 Å². The first-order chi connectivity index (χ1) is 11.9. The van der Waals surface area contributed by atoms with E-state index in [4.69, 9.17) is 4.74 Å². The van der Waals surface area contributed by atoms with Crippen molar-refractivity contribution >= 4 is 23.3 Å². The van der Waals surface area contributed by atoms with Crippen LogP contribution in [0.1, 0.15) is 12.5 Å². The van der Waals surface area contributed by atoms with E-state index < -0.39 is 21.2 Å². The van der Waals surface area contributed by atoms with Gasteiger partial charge in [0.2, 0.25) is 0 Å². The Kier molecular flexibility index (Phi) is 5.46. The summed E-state index contributed by atoms with van der Waals surface area (Å²) in [7, 11) is 0. The van der Waals surface area contributed by atoms with E-state index in [0.717, 1.165) is 12.1 Å². The predicted molar refractivity (Wildman–Crippen MR) is 90.2 cm³/mol. The molecule has 0 aliphatic rings. The predicted octanol–water partition coefficient (Wildman–Crippen LogP) is 3.05. The van der Waals surface area contributed by atoms with Crippen molar-refractivity contribution in [1.29, 1.82) is 0 Å². The normalized spacial score (nSPS) is 10.6. The Morgan fingerprint density at radius 2 is 2.00 bits per heavy atom. The molecule has 2 rings (SSSR count). The number of phenolic OH excluding ortho intramolecular Hbond substituents is 1. The summed E-state index contributed by atoms with van der Waals surface area (Å²) in [5, 5.41) is 35.6. The molecule has 0 saturated heterocycles. The van der Waals surface area contributed by atoms with Gasteiger partial charge in [0, 0.05) is 11.6 Å². The molecule has 10 nitrogen and oxygen atoms in total. The Morgan fingerprint density at radius 3 is 2.64 bits per heavy atom. The molecule has 0 aliphatic carbocycles. The summed E-state index contributed by atoms with van der Waals surface area (Å²) >= 11 is 0. The number of aromatic hydroxyl groups is 1. The summed E-state index contributed by atoms with van der Waals surface area (Å²) in [6, 6.07) is 7.96. The van der Waals surface area contributed by atoms with Gasteiger partial charge in [0.15, 0.2) is 11.5 Å². The van der Waals surface area contributed by atoms with Crippen molar-refractivity contribution in [3.05, 3.63) is 62.2 Å². The van der Waals surface area contributed by atoms with Gasteiger partial charge < -0.3 is 9.84 Å². The number of benzene rings is 2. The van der Waals surface area contributed by atoms with Gasteiger partial charge in [-0.1, -0.05) is 6.07 Å². The van der Waals surface area contributed by atoms with Crippen LogP contribution in [-0.2, 0) is 0 Å². The lowest BCUT2D eigenvalue weighted by Gasteiger charge is -2.07. The minimum Gasteiger partial charge on any atom is -0.504 e. The molecule has 0 saturated carbocycles. The number of hydrazone groups is 1. The molecule has 0 bridgehead atoms. The number of hydrogen-bond donors (Lipinski definition) is 2. The molecule has 0 heterocycles.